The van der Waals surface area contributed by atoms with Crippen molar-refractivity contribution in [3.8, 4) is 6.07 Å². The summed E-state index contributed by atoms with van der Waals surface area (Å²) in [4.78, 5) is 13.7. The van der Waals surface area contributed by atoms with Gasteiger partial charge < -0.3 is 14.3 Å². The number of aromatic nitrogens is 1. The van der Waals surface area contributed by atoms with Crippen LogP contribution in [0.5, 0.6) is 0 Å². The van der Waals surface area contributed by atoms with E-state index in [1.54, 1.807) is 17.6 Å². The van der Waals surface area contributed by atoms with Crippen molar-refractivity contribution < 1.29 is 9.21 Å². The molecule has 3 aromatic rings. The van der Waals surface area contributed by atoms with Crippen LogP contribution in [-0.2, 0) is 11.3 Å². The summed E-state index contributed by atoms with van der Waals surface area (Å²) in [7, 11) is 0. The molecule has 0 radical (unpaired) electrons. The predicted octanol–water partition coefficient (Wildman–Crippen LogP) is 3.97. The van der Waals surface area contributed by atoms with Gasteiger partial charge in [0.2, 0.25) is 5.91 Å². The average molecular weight is 382 g/mol. The molecule has 0 saturated carbocycles. The highest BCUT2D eigenvalue weighted by Crippen LogP contribution is 2.28. The van der Waals surface area contributed by atoms with Crippen LogP contribution in [0.4, 0.5) is 5.82 Å². The van der Waals surface area contributed by atoms with Gasteiger partial charge in [-0.1, -0.05) is 6.07 Å². The number of rotatable bonds is 7. The Morgan fingerprint density at radius 2 is 2.19 bits per heavy atom. The van der Waals surface area contributed by atoms with E-state index in [0.29, 0.717) is 17.9 Å². The third kappa shape index (κ3) is 4.13. The quantitative estimate of drug-likeness (QED) is 0.648. The summed E-state index contributed by atoms with van der Waals surface area (Å²) in [5.41, 5.74) is 2.38. The number of furan rings is 1. The minimum absolute atomic E-state index is 0.0810. The summed E-state index contributed by atoms with van der Waals surface area (Å²) in [5, 5.41) is 17.6. The average Bonchev–Trinajstić information content (AvgIpc) is 3.40. The first-order valence-corrected chi connectivity index (χ1v) is 9.58. The van der Waals surface area contributed by atoms with Crippen molar-refractivity contribution >= 4 is 23.1 Å². The molecule has 0 spiro atoms. The molecule has 1 unspecified atom stereocenters. The minimum atomic E-state index is -0.199. The van der Waals surface area contributed by atoms with Gasteiger partial charge in [0.05, 0.1) is 31.0 Å². The van der Waals surface area contributed by atoms with Crippen molar-refractivity contribution in [3.05, 3.63) is 63.4 Å². The van der Waals surface area contributed by atoms with Gasteiger partial charge in [-0.3, -0.25) is 10.1 Å². The van der Waals surface area contributed by atoms with Crippen molar-refractivity contribution in [3.63, 3.8) is 0 Å². The predicted molar refractivity (Wildman–Crippen MR) is 106 cm³/mol. The van der Waals surface area contributed by atoms with Gasteiger partial charge in [-0.2, -0.15) is 5.26 Å². The van der Waals surface area contributed by atoms with E-state index in [9.17, 15) is 10.1 Å². The molecular formula is C20H22N4O2S. The lowest BCUT2D eigenvalue weighted by Gasteiger charge is -2.14. The zero-order valence-corrected chi connectivity index (χ0v) is 16.4. The molecule has 7 heteroatoms. The molecule has 0 aliphatic rings. The first kappa shape index (κ1) is 19.0. The number of nitrogens with one attached hydrogen (secondary N) is 2. The number of carbonyl (C=O) groups excluding carboxylic acids is 1. The first-order chi connectivity index (χ1) is 13.0. The monoisotopic (exact) mass is 382 g/mol. The summed E-state index contributed by atoms with van der Waals surface area (Å²) in [5.74, 6) is 1.13. The largest absolute Gasteiger partial charge is 0.468 e. The molecule has 27 heavy (non-hydrogen) atoms. The van der Waals surface area contributed by atoms with Gasteiger partial charge in [0.25, 0.3) is 0 Å². The normalized spacial score (nSPS) is 11.9. The number of nitrogens with zero attached hydrogens (tertiary/aromatic N) is 2. The van der Waals surface area contributed by atoms with Crippen LogP contribution >= 0.6 is 11.3 Å². The van der Waals surface area contributed by atoms with Crippen molar-refractivity contribution in [2.75, 3.05) is 11.9 Å². The lowest BCUT2D eigenvalue weighted by molar-refractivity contribution is -0.115. The van der Waals surface area contributed by atoms with Crippen LogP contribution in [0.15, 0.2) is 40.3 Å². The highest BCUT2D eigenvalue weighted by molar-refractivity contribution is 7.09. The van der Waals surface area contributed by atoms with Crippen LogP contribution in [0.2, 0.25) is 0 Å². The van der Waals surface area contributed by atoms with Crippen LogP contribution in [0.25, 0.3) is 0 Å². The lowest BCUT2D eigenvalue weighted by Crippen LogP contribution is -2.31. The summed E-state index contributed by atoms with van der Waals surface area (Å²) in [6.45, 7) is 6.55. The maximum Gasteiger partial charge on any atom is 0.239 e. The van der Waals surface area contributed by atoms with E-state index >= 15 is 0 Å². The number of thiophene rings is 1. The SMILES string of the molecule is Cc1c(C#N)c(NC(=O)CNC(C)c2ccco2)n(Cc2cccs2)c1C. The van der Waals surface area contributed by atoms with Crippen LogP contribution in [-0.4, -0.2) is 17.0 Å². The second kappa shape index (κ2) is 8.25. The fraction of sp³-hybridized carbons (Fsp3) is 0.300. The van der Waals surface area contributed by atoms with E-state index in [1.807, 2.05) is 55.0 Å². The molecule has 1 atom stereocenters. The zero-order chi connectivity index (χ0) is 19.4. The third-order valence-corrected chi connectivity index (χ3v) is 5.49. The Kier molecular flexibility index (Phi) is 5.79. The molecule has 0 aliphatic heterocycles. The minimum Gasteiger partial charge on any atom is -0.468 e. The highest BCUT2D eigenvalue weighted by atomic mass is 32.1. The molecule has 0 bridgehead atoms. The third-order valence-electron chi connectivity index (χ3n) is 4.63. The molecule has 140 valence electrons. The Morgan fingerprint density at radius 1 is 1.37 bits per heavy atom. The molecule has 3 aromatic heterocycles. The Labute approximate surface area is 162 Å². The first-order valence-electron chi connectivity index (χ1n) is 8.70. The van der Waals surface area contributed by atoms with Gasteiger partial charge >= 0.3 is 0 Å². The van der Waals surface area contributed by atoms with Gasteiger partial charge in [0.1, 0.15) is 17.6 Å². The number of nitriles is 1. The molecule has 0 aromatic carbocycles. The van der Waals surface area contributed by atoms with Gasteiger partial charge in [-0.25, -0.2) is 0 Å². The van der Waals surface area contributed by atoms with E-state index in [-0.39, 0.29) is 18.5 Å². The maximum atomic E-state index is 12.5. The van der Waals surface area contributed by atoms with Gasteiger partial charge in [-0.05, 0) is 49.9 Å². The molecule has 2 N–H and O–H groups in total. The van der Waals surface area contributed by atoms with Crippen LogP contribution in [0, 0.1) is 25.2 Å². The van der Waals surface area contributed by atoms with Gasteiger partial charge in [-0.15, -0.1) is 11.3 Å². The molecule has 0 fully saturated rings. The lowest BCUT2D eigenvalue weighted by atomic mass is 10.2. The summed E-state index contributed by atoms with van der Waals surface area (Å²) < 4.78 is 7.33. The van der Waals surface area contributed by atoms with Gasteiger partial charge in [0.15, 0.2) is 0 Å². The zero-order valence-electron chi connectivity index (χ0n) is 15.6. The Balaban J connectivity index is 1.75. The second-order valence-corrected chi connectivity index (χ2v) is 7.41. The van der Waals surface area contributed by atoms with E-state index < -0.39 is 0 Å². The molecule has 6 nitrogen and oxygen atoms in total. The number of anilines is 1. The highest BCUT2D eigenvalue weighted by Gasteiger charge is 2.20. The Morgan fingerprint density at radius 3 is 2.81 bits per heavy atom. The number of amides is 1. The number of hydrogen-bond acceptors (Lipinski definition) is 5. The standard InChI is InChI=1S/C20H22N4O2S/c1-13-15(3)24(12-16-6-5-9-27-16)20(17(13)10-21)23-19(25)11-22-14(2)18-7-4-8-26-18/h4-9,14,22H,11-12H2,1-3H3,(H,23,25). The van der Waals surface area contributed by atoms with Crippen molar-refractivity contribution in [1.82, 2.24) is 9.88 Å². The number of hydrogen-bond donors (Lipinski definition) is 2. The topological polar surface area (TPSA) is 83.0 Å². The molecule has 3 rings (SSSR count). The van der Waals surface area contributed by atoms with Crippen molar-refractivity contribution in [2.24, 2.45) is 0 Å². The molecule has 3 heterocycles. The van der Waals surface area contributed by atoms with Crippen LogP contribution in [0.1, 0.15) is 40.4 Å². The fourth-order valence-corrected chi connectivity index (χ4v) is 3.64. The van der Waals surface area contributed by atoms with Gasteiger partial charge in [0, 0.05) is 10.6 Å². The van der Waals surface area contributed by atoms with Crippen molar-refractivity contribution in [2.45, 2.75) is 33.4 Å². The summed E-state index contributed by atoms with van der Waals surface area (Å²) in [6, 6.07) is 9.87. The molecule has 0 aliphatic carbocycles. The van der Waals surface area contributed by atoms with E-state index in [1.165, 1.54) is 0 Å². The Hall–Kier alpha value is -2.82. The van der Waals surface area contributed by atoms with E-state index in [4.69, 9.17) is 4.42 Å². The smallest absolute Gasteiger partial charge is 0.239 e. The second-order valence-electron chi connectivity index (χ2n) is 6.38. The Bertz CT molecular complexity index is 949. The number of carbonyl (C=O) groups is 1. The van der Waals surface area contributed by atoms with E-state index in [0.717, 1.165) is 21.9 Å². The molecule has 1 amide bonds. The van der Waals surface area contributed by atoms with Crippen LogP contribution in [0.3, 0.4) is 0 Å². The van der Waals surface area contributed by atoms with Crippen molar-refractivity contribution in [1.29, 1.82) is 5.26 Å². The summed E-state index contributed by atoms with van der Waals surface area (Å²) >= 11 is 1.65. The summed E-state index contributed by atoms with van der Waals surface area (Å²) in [6.07, 6.45) is 1.61. The molecular weight excluding hydrogens is 360 g/mol. The van der Waals surface area contributed by atoms with E-state index in [2.05, 4.69) is 16.7 Å². The fourth-order valence-electron chi connectivity index (χ4n) is 2.95. The maximum absolute atomic E-state index is 12.5. The molecule has 0 saturated heterocycles. The van der Waals surface area contributed by atoms with Crippen LogP contribution < -0.4 is 10.6 Å².